The van der Waals surface area contributed by atoms with Gasteiger partial charge in [0.15, 0.2) is 0 Å². The van der Waals surface area contributed by atoms with Gasteiger partial charge in [-0.15, -0.1) is 0 Å². The van der Waals surface area contributed by atoms with Gasteiger partial charge < -0.3 is 20.3 Å². The van der Waals surface area contributed by atoms with E-state index in [1.165, 1.54) is 11.1 Å². The van der Waals surface area contributed by atoms with Crippen molar-refractivity contribution in [2.75, 3.05) is 50.5 Å². The molecule has 318 valence electrons. The summed E-state index contributed by atoms with van der Waals surface area (Å²) in [6, 6.07) is 31.1. The van der Waals surface area contributed by atoms with E-state index in [1.54, 1.807) is 18.6 Å². The zero-order valence-corrected chi connectivity index (χ0v) is 36.0. The van der Waals surface area contributed by atoms with Gasteiger partial charge >= 0.3 is 0 Å². The quantitative estimate of drug-likeness (QED) is 0.0982. The second-order valence-electron chi connectivity index (χ2n) is 15.2. The van der Waals surface area contributed by atoms with Crippen LogP contribution in [0.4, 0.5) is 22.1 Å². The van der Waals surface area contributed by atoms with Crippen molar-refractivity contribution in [3.63, 3.8) is 0 Å². The lowest BCUT2D eigenvalue weighted by Crippen LogP contribution is -2.43. The van der Waals surface area contributed by atoms with Crippen LogP contribution >= 0.6 is 11.8 Å². The van der Waals surface area contributed by atoms with Crippen LogP contribution in [0.1, 0.15) is 45.2 Å². The topological polar surface area (TPSA) is 155 Å². The number of pyridine rings is 2. The molecular weight excluding hydrogens is 799 g/mol. The van der Waals surface area contributed by atoms with Crippen molar-refractivity contribution in [3.05, 3.63) is 155 Å². The molecule has 1 unspecified atom stereocenters. The largest absolute Gasteiger partial charge is 0.493 e. The molecule has 2 saturated heterocycles. The highest BCUT2D eigenvalue weighted by Crippen LogP contribution is 2.26. The molecule has 0 aliphatic carbocycles. The Morgan fingerprint density at radius 2 is 1.65 bits per heavy atom. The number of ether oxygens (including phenoxy) is 1. The first-order valence-electron chi connectivity index (χ1n) is 20.8. The molecule has 0 saturated carbocycles. The molecule has 2 aliphatic rings. The number of hydrogen-bond donors (Lipinski definition) is 3. The molecule has 13 nitrogen and oxygen atoms in total. The van der Waals surface area contributed by atoms with Crippen LogP contribution in [0, 0.1) is 6.92 Å². The third-order valence-electron chi connectivity index (χ3n) is 10.6. The number of carbonyl (C=O) groups is 3. The maximum Gasteiger partial charge on any atom is 0.286 e. The van der Waals surface area contributed by atoms with Gasteiger partial charge in [0.05, 0.1) is 17.6 Å². The summed E-state index contributed by atoms with van der Waals surface area (Å²) < 4.78 is 5.75. The van der Waals surface area contributed by atoms with Crippen molar-refractivity contribution in [2.24, 2.45) is 0 Å². The van der Waals surface area contributed by atoms with Gasteiger partial charge in [-0.3, -0.25) is 34.6 Å². The summed E-state index contributed by atoms with van der Waals surface area (Å²) in [4.78, 5) is 58.1. The maximum atomic E-state index is 12.9. The lowest BCUT2D eigenvalue weighted by molar-refractivity contribution is -0.118. The first-order chi connectivity index (χ1) is 30.2. The van der Waals surface area contributed by atoms with Crippen LogP contribution in [0.15, 0.2) is 122 Å². The highest BCUT2D eigenvalue weighted by Gasteiger charge is 2.31. The highest BCUT2D eigenvalue weighted by molar-refractivity contribution is 8.15. The fraction of sp³-hybridized carbons (Fsp3) is 0.271. The average Bonchev–Trinajstić information content (AvgIpc) is 3.62. The van der Waals surface area contributed by atoms with Crippen molar-refractivity contribution in [3.8, 4) is 17.0 Å². The monoisotopic (exact) mass is 849 g/mol. The summed E-state index contributed by atoms with van der Waals surface area (Å²) in [7, 11) is 2.16. The number of aryl methyl sites for hydroxylation is 2. The molecule has 1 atom stereocenters. The standard InChI is InChI=1S/C29H31N7O.C19H20N2O3S/c1-21-5-10-25(18-27(21)34-29-31-13-11-26(33-29)24-4-3-12-30-19-24)32-28(37)23-8-6-22(7-9-23)20-36-16-14-35(2)15-17-36;1-2-13-3-6-15(20-12-13)9-10-24-16-7-4-14(5-8-16)11-17-18(22)21-19(23)25-17/h3-13,18-19H,14-17,20H2,1-2H3,(H,32,37)(H,31,33,34);3-8,12,17H,2,9-11H2,1H3,(H,21,22,23). The molecule has 2 fully saturated rings. The Morgan fingerprint density at radius 1 is 0.871 bits per heavy atom. The second-order valence-corrected chi connectivity index (χ2v) is 16.4. The molecule has 3 aromatic heterocycles. The molecule has 62 heavy (non-hydrogen) atoms. The number of aromatic nitrogens is 4. The van der Waals surface area contributed by atoms with Gasteiger partial charge in [0.1, 0.15) is 5.75 Å². The Labute approximate surface area is 366 Å². The summed E-state index contributed by atoms with van der Waals surface area (Å²) in [5.74, 6) is 0.907. The Bertz CT molecular complexity index is 2430. The number of hydrogen-bond acceptors (Lipinski definition) is 12. The highest BCUT2D eigenvalue weighted by atomic mass is 32.2. The number of piperazine rings is 1. The molecular formula is C48H51N9O4S. The number of thioether (sulfide) groups is 1. The van der Waals surface area contributed by atoms with E-state index in [0.717, 1.165) is 96.8 Å². The summed E-state index contributed by atoms with van der Waals surface area (Å²) in [5, 5.41) is 7.99. The van der Waals surface area contributed by atoms with E-state index in [-0.39, 0.29) is 22.3 Å². The lowest BCUT2D eigenvalue weighted by atomic mass is 10.1. The van der Waals surface area contributed by atoms with Gasteiger partial charge in [0.2, 0.25) is 11.9 Å². The fourth-order valence-corrected chi connectivity index (χ4v) is 7.69. The van der Waals surface area contributed by atoms with Crippen molar-refractivity contribution in [2.45, 2.75) is 44.9 Å². The van der Waals surface area contributed by atoms with Crippen LogP contribution in [0.3, 0.4) is 0 Å². The van der Waals surface area contributed by atoms with E-state index in [1.807, 2.05) is 104 Å². The van der Waals surface area contributed by atoms with E-state index in [9.17, 15) is 14.4 Å². The van der Waals surface area contributed by atoms with Crippen LogP contribution in [-0.4, -0.2) is 91.9 Å². The first-order valence-corrected chi connectivity index (χ1v) is 21.6. The molecule has 14 heteroatoms. The van der Waals surface area contributed by atoms with Gasteiger partial charge in [0.25, 0.3) is 11.1 Å². The van der Waals surface area contributed by atoms with E-state index in [2.05, 4.69) is 65.7 Å². The van der Waals surface area contributed by atoms with Crippen molar-refractivity contribution in [1.29, 1.82) is 0 Å². The van der Waals surface area contributed by atoms with Gasteiger partial charge in [-0.1, -0.05) is 55.1 Å². The Kier molecular flexibility index (Phi) is 15.0. The Hall–Kier alpha value is -6.48. The number of nitrogens with zero attached hydrogens (tertiary/aromatic N) is 6. The molecule has 0 spiro atoms. The molecule has 3 aromatic carbocycles. The van der Waals surface area contributed by atoms with E-state index in [4.69, 9.17) is 4.74 Å². The lowest BCUT2D eigenvalue weighted by Gasteiger charge is -2.32. The van der Waals surface area contributed by atoms with Crippen LogP contribution in [0.2, 0.25) is 0 Å². The van der Waals surface area contributed by atoms with Gasteiger partial charge in [-0.25, -0.2) is 9.97 Å². The minimum atomic E-state index is -0.337. The Balaban J connectivity index is 0.000000201. The predicted octanol–water partition coefficient (Wildman–Crippen LogP) is 7.75. The number of imide groups is 1. The number of amides is 3. The third-order valence-corrected chi connectivity index (χ3v) is 11.6. The normalized spacial score (nSPS) is 15.3. The number of nitrogens with one attached hydrogen (secondary N) is 3. The number of likely N-dealkylation sites (N-methyl/N-ethyl adjacent to an activating group) is 1. The summed E-state index contributed by atoms with van der Waals surface area (Å²) in [6.07, 6.45) is 9.41. The van der Waals surface area contributed by atoms with Gasteiger partial charge in [-0.2, -0.15) is 0 Å². The SMILES string of the molecule is CCc1ccc(CCOc2ccc(CC3SC(=O)NC3=O)cc2)nc1.Cc1ccc(NC(=O)c2ccc(CN3CCN(C)CC3)cc2)cc1Nc1nccc(-c2cccnc2)n1. The second kappa shape index (κ2) is 21.4. The smallest absolute Gasteiger partial charge is 0.286 e. The number of benzene rings is 3. The number of anilines is 3. The molecule has 8 rings (SSSR count). The molecule has 5 heterocycles. The summed E-state index contributed by atoms with van der Waals surface area (Å²) >= 11 is 1.05. The van der Waals surface area contributed by atoms with Crippen LogP contribution < -0.4 is 20.7 Å². The minimum absolute atomic E-state index is 0.143. The van der Waals surface area contributed by atoms with Gasteiger partial charge in [-0.05, 0) is 110 Å². The first kappa shape index (κ1) is 43.6. The minimum Gasteiger partial charge on any atom is -0.493 e. The zero-order valence-electron chi connectivity index (χ0n) is 35.2. The molecule has 6 aromatic rings. The molecule has 2 aliphatic heterocycles. The van der Waals surface area contributed by atoms with E-state index in [0.29, 0.717) is 30.2 Å². The molecule has 0 bridgehead atoms. The molecule has 3 N–H and O–H groups in total. The van der Waals surface area contributed by atoms with E-state index >= 15 is 0 Å². The third kappa shape index (κ3) is 12.5. The summed E-state index contributed by atoms with van der Waals surface area (Å²) in [6.45, 7) is 9.91. The van der Waals surface area contributed by atoms with E-state index < -0.39 is 0 Å². The number of carbonyl (C=O) groups excluding carboxylic acids is 3. The van der Waals surface area contributed by atoms with Crippen molar-refractivity contribution in [1.82, 2.24) is 35.1 Å². The fourth-order valence-electron chi connectivity index (χ4n) is 6.83. The Morgan fingerprint density at radius 3 is 2.34 bits per heavy atom. The number of rotatable bonds is 14. The zero-order chi connectivity index (χ0) is 43.3. The molecule has 0 radical (unpaired) electrons. The predicted molar refractivity (Wildman–Crippen MR) is 245 cm³/mol. The van der Waals surface area contributed by atoms with Crippen LogP contribution in [0.5, 0.6) is 5.75 Å². The average molecular weight is 850 g/mol. The summed E-state index contributed by atoms with van der Waals surface area (Å²) in [5.41, 5.74) is 9.34. The van der Waals surface area contributed by atoms with Crippen LogP contribution in [0.25, 0.3) is 11.3 Å². The maximum absolute atomic E-state index is 12.9. The molecule has 3 amide bonds. The van der Waals surface area contributed by atoms with Gasteiger partial charge in [0, 0.05) is 92.1 Å². The van der Waals surface area contributed by atoms with Crippen LogP contribution in [-0.2, 0) is 30.6 Å². The van der Waals surface area contributed by atoms with Crippen molar-refractivity contribution >= 4 is 46.1 Å². The van der Waals surface area contributed by atoms with Crippen molar-refractivity contribution < 1.29 is 19.1 Å².